The molecule has 4 heteroatoms. The molecule has 0 aromatic rings. The fourth-order valence-corrected chi connectivity index (χ4v) is 2.42. The molecule has 0 heterocycles. The fraction of sp³-hybridized carbons (Fsp3) is 1.00. The molecule has 1 fully saturated rings. The van der Waals surface area contributed by atoms with Crippen LogP contribution in [0.4, 0.5) is 0 Å². The van der Waals surface area contributed by atoms with Gasteiger partial charge in [0.05, 0.1) is 13.2 Å². The zero-order valence-electron chi connectivity index (χ0n) is 10.2. The number of rotatable bonds is 9. The minimum atomic E-state index is 0.394. The summed E-state index contributed by atoms with van der Waals surface area (Å²) in [5.74, 6) is 0.677. The second-order valence-corrected chi connectivity index (χ2v) is 4.93. The van der Waals surface area contributed by atoms with Gasteiger partial charge in [-0.15, -0.1) is 11.6 Å². The van der Waals surface area contributed by atoms with Crippen LogP contribution in [-0.4, -0.2) is 45.4 Å². The van der Waals surface area contributed by atoms with Crippen molar-refractivity contribution in [2.24, 2.45) is 5.92 Å². The van der Waals surface area contributed by atoms with Gasteiger partial charge in [-0.2, -0.15) is 0 Å². The van der Waals surface area contributed by atoms with Gasteiger partial charge >= 0.3 is 0 Å². The highest BCUT2D eigenvalue weighted by Gasteiger charge is 2.24. The molecule has 1 aliphatic rings. The summed E-state index contributed by atoms with van der Waals surface area (Å²) < 4.78 is 10.3. The maximum atomic E-state index is 6.20. The molecule has 0 aromatic carbocycles. The van der Waals surface area contributed by atoms with Crippen molar-refractivity contribution >= 4 is 11.6 Å². The van der Waals surface area contributed by atoms with E-state index in [4.69, 9.17) is 21.1 Å². The van der Waals surface area contributed by atoms with Crippen molar-refractivity contribution in [3.63, 3.8) is 0 Å². The van der Waals surface area contributed by atoms with Gasteiger partial charge in [0.2, 0.25) is 0 Å². The zero-order chi connectivity index (χ0) is 11.6. The monoisotopic (exact) mass is 249 g/mol. The number of hydrogen-bond acceptors (Lipinski definition) is 3. The van der Waals surface area contributed by atoms with E-state index in [9.17, 15) is 0 Å². The average Bonchev–Trinajstić information content (AvgIpc) is 2.68. The molecule has 1 saturated carbocycles. The second kappa shape index (κ2) is 9.23. The van der Waals surface area contributed by atoms with E-state index >= 15 is 0 Å². The van der Waals surface area contributed by atoms with E-state index < -0.39 is 0 Å². The summed E-state index contributed by atoms with van der Waals surface area (Å²) in [5, 5.41) is 3.85. The minimum absolute atomic E-state index is 0.394. The van der Waals surface area contributed by atoms with Crippen molar-refractivity contribution in [1.82, 2.24) is 5.32 Å². The lowest BCUT2D eigenvalue weighted by molar-refractivity contribution is 0.0694. The SMILES string of the molecule is COCCOCCCNCC1CCCC1Cl. The molecule has 0 spiro atoms. The van der Waals surface area contributed by atoms with Gasteiger partial charge in [-0.05, 0) is 38.3 Å². The molecule has 0 aliphatic heterocycles. The molecule has 0 bridgehead atoms. The van der Waals surface area contributed by atoms with Crippen molar-refractivity contribution in [1.29, 1.82) is 0 Å². The average molecular weight is 250 g/mol. The fourth-order valence-electron chi connectivity index (χ4n) is 2.05. The first kappa shape index (κ1) is 14.2. The molecule has 0 radical (unpaired) electrons. The second-order valence-electron chi connectivity index (χ2n) is 4.37. The van der Waals surface area contributed by atoms with E-state index in [1.54, 1.807) is 7.11 Å². The normalized spacial score (nSPS) is 25.1. The predicted molar refractivity (Wildman–Crippen MR) is 67.2 cm³/mol. The van der Waals surface area contributed by atoms with Gasteiger partial charge in [-0.3, -0.25) is 0 Å². The Morgan fingerprint density at radius 3 is 2.81 bits per heavy atom. The highest BCUT2D eigenvalue weighted by Crippen LogP contribution is 2.29. The number of nitrogens with one attached hydrogen (secondary N) is 1. The van der Waals surface area contributed by atoms with Gasteiger partial charge in [-0.1, -0.05) is 6.42 Å². The van der Waals surface area contributed by atoms with Crippen LogP contribution < -0.4 is 5.32 Å². The number of alkyl halides is 1. The summed E-state index contributed by atoms with van der Waals surface area (Å²) in [7, 11) is 1.69. The number of hydrogen-bond donors (Lipinski definition) is 1. The molecule has 0 aromatic heterocycles. The summed E-state index contributed by atoms with van der Waals surface area (Å²) in [6.45, 7) is 4.27. The third kappa shape index (κ3) is 6.04. The largest absolute Gasteiger partial charge is 0.382 e. The summed E-state index contributed by atoms with van der Waals surface area (Å²) in [6, 6.07) is 0. The van der Waals surface area contributed by atoms with Crippen LogP contribution in [0.1, 0.15) is 25.7 Å². The van der Waals surface area contributed by atoms with Crippen molar-refractivity contribution in [3.8, 4) is 0 Å². The first-order valence-electron chi connectivity index (χ1n) is 6.26. The topological polar surface area (TPSA) is 30.5 Å². The Labute approximate surface area is 104 Å². The molecular weight excluding hydrogens is 226 g/mol. The highest BCUT2D eigenvalue weighted by molar-refractivity contribution is 6.20. The molecule has 1 N–H and O–H groups in total. The Morgan fingerprint density at radius 1 is 1.25 bits per heavy atom. The van der Waals surface area contributed by atoms with Gasteiger partial charge < -0.3 is 14.8 Å². The van der Waals surface area contributed by atoms with Crippen LogP contribution >= 0.6 is 11.6 Å². The smallest absolute Gasteiger partial charge is 0.0700 e. The van der Waals surface area contributed by atoms with Gasteiger partial charge in [0.25, 0.3) is 0 Å². The Hall–Kier alpha value is 0.170. The number of methoxy groups -OCH3 is 1. The van der Waals surface area contributed by atoms with E-state index in [0.717, 1.165) is 26.1 Å². The summed E-state index contributed by atoms with van der Waals surface area (Å²) in [6.07, 6.45) is 4.82. The molecule has 2 unspecified atom stereocenters. The van der Waals surface area contributed by atoms with Gasteiger partial charge in [-0.25, -0.2) is 0 Å². The van der Waals surface area contributed by atoms with Crippen LogP contribution in [0.3, 0.4) is 0 Å². The van der Waals surface area contributed by atoms with E-state index in [0.29, 0.717) is 24.5 Å². The van der Waals surface area contributed by atoms with Gasteiger partial charge in [0, 0.05) is 19.1 Å². The molecule has 1 aliphatic carbocycles. The van der Waals surface area contributed by atoms with E-state index in [1.165, 1.54) is 19.3 Å². The minimum Gasteiger partial charge on any atom is -0.382 e. The maximum absolute atomic E-state index is 6.20. The van der Waals surface area contributed by atoms with Gasteiger partial charge in [0.15, 0.2) is 0 Å². The Morgan fingerprint density at radius 2 is 2.12 bits per heavy atom. The molecule has 0 saturated heterocycles. The van der Waals surface area contributed by atoms with Crippen LogP contribution in [0.5, 0.6) is 0 Å². The summed E-state index contributed by atoms with van der Waals surface area (Å²) in [5.41, 5.74) is 0. The molecule has 96 valence electrons. The van der Waals surface area contributed by atoms with Crippen molar-refractivity contribution in [2.75, 3.05) is 40.0 Å². The van der Waals surface area contributed by atoms with Crippen LogP contribution in [0, 0.1) is 5.92 Å². The van der Waals surface area contributed by atoms with Crippen molar-refractivity contribution in [2.45, 2.75) is 31.1 Å². The quantitative estimate of drug-likeness (QED) is 0.501. The third-order valence-corrected chi connectivity index (χ3v) is 3.62. The molecule has 16 heavy (non-hydrogen) atoms. The Balaban J connectivity index is 1.81. The molecular formula is C12H24ClNO2. The maximum Gasteiger partial charge on any atom is 0.0700 e. The number of halogens is 1. The van der Waals surface area contributed by atoms with Crippen LogP contribution in [-0.2, 0) is 9.47 Å². The van der Waals surface area contributed by atoms with E-state index in [2.05, 4.69) is 5.32 Å². The number of ether oxygens (including phenoxy) is 2. The molecule has 3 nitrogen and oxygen atoms in total. The summed E-state index contributed by atoms with van der Waals surface area (Å²) >= 11 is 6.20. The van der Waals surface area contributed by atoms with Crippen LogP contribution in [0.25, 0.3) is 0 Å². The zero-order valence-corrected chi connectivity index (χ0v) is 11.0. The van der Waals surface area contributed by atoms with Crippen molar-refractivity contribution < 1.29 is 9.47 Å². The first-order valence-corrected chi connectivity index (χ1v) is 6.69. The third-order valence-electron chi connectivity index (χ3n) is 3.05. The van der Waals surface area contributed by atoms with E-state index in [-0.39, 0.29) is 0 Å². The Kier molecular flexibility index (Phi) is 8.21. The van der Waals surface area contributed by atoms with E-state index in [1.807, 2.05) is 0 Å². The summed E-state index contributed by atoms with van der Waals surface area (Å²) in [4.78, 5) is 0. The lowest BCUT2D eigenvalue weighted by atomic mass is 10.1. The molecule has 2 atom stereocenters. The standard InChI is InChI=1S/C12H24ClNO2/c1-15-8-9-16-7-3-6-14-10-11-4-2-5-12(11)13/h11-12,14H,2-10H2,1H3. The highest BCUT2D eigenvalue weighted by atomic mass is 35.5. The Bertz CT molecular complexity index is 169. The predicted octanol–water partition coefficient (Wildman–Crippen LogP) is 2.04. The van der Waals surface area contributed by atoms with Crippen LogP contribution in [0.15, 0.2) is 0 Å². The molecule has 1 rings (SSSR count). The lowest BCUT2D eigenvalue weighted by Gasteiger charge is -2.14. The lowest BCUT2D eigenvalue weighted by Crippen LogP contribution is -2.27. The molecule has 0 amide bonds. The first-order chi connectivity index (χ1) is 7.84. The van der Waals surface area contributed by atoms with Crippen molar-refractivity contribution in [3.05, 3.63) is 0 Å². The van der Waals surface area contributed by atoms with Gasteiger partial charge in [0.1, 0.15) is 0 Å². The van der Waals surface area contributed by atoms with Crippen LogP contribution in [0.2, 0.25) is 0 Å².